The van der Waals surface area contributed by atoms with Crippen LogP contribution < -0.4 is 11.2 Å². The lowest BCUT2D eigenvalue weighted by Gasteiger charge is -2.09. The Hall–Kier alpha value is -3.00. The predicted octanol–water partition coefficient (Wildman–Crippen LogP) is 3.11. The topological polar surface area (TPSA) is 78.4 Å². The van der Waals surface area contributed by atoms with Crippen LogP contribution in [0.5, 0.6) is 0 Å². The molecule has 4 aromatic rings. The summed E-state index contributed by atoms with van der Waals surface area (Å²) in [5.74, 6) is 0.481. The van der Waals surface area contributed by atoms with Gasteiger partial charge in [0.05, 0.1) is 5.52 Å². The third-order valence-corrected chi connectivity index (χ3v) is 5.88. The number of Topliss-reactive ketones (excluding diaryl/α,β-unsaturated/α-hetero) is 1. The molecule has 7 nitrogen and oxygen atoms in total. The minimum atomic E-state index is -0.415. The van der Waals surface area contributed by atoms with Gasteiger partial charge in [0.2, 0.25) is 5.78 Å². The molecule has 0 atom stereocenters. The van der Waals surface area contributed by atoms with E-state index < -0.39 is 5.69 Å². The van der Waals surface area contributed by atoms with Crippen molar-refractivity contribution < 1.29 is 4.79 Å². The molecule has 0 unspecified atom stereocenters. The summed E-state index contributed by atoms with van der Waals surface area (Å²) in [6.07, 6.45) is 0.787. The molecular weight excluding hydrogens is 388 g/mol. The van der Waals surface area contributed by atoms with Crippen molar-refractivity contribution in [2.24, 2.45) is 5.92 Å². The van der Waals surface area contributed by atoms with Crippen LogP contribution in [0.15, 0.2) is 45.3 Å². The normalized spacial score (nSPS) is 11.7. The van der Waals surface area contributed by atoms with E-state index in [4.69, 9.17) is 0 Å². The number of aryl methyl sites for hydroxylation is 2. The first-order valence-electron chi connectivity index (χ1n) is 9.56. The predicted molar refractivity (Wildman–Crippen MR) is 114 cm³/mol. The van der Waals surface area contributed by atoms with Gasteiger partial charge < -0.3 is 0 Å². The minimum absolute atomic E-state index is 0.148. The summed E-state index contributed by atoms with van der Waals surface area (Å²) in [6, 6.07) is 8.95. The number of thiophene rings is 1. The van der Waals surface area contributed by atoms with Gasteiger partial charge in [-0.2, -0.15) is 0 Å². The third-order valence-electron chi connectivity index (χ3n) is 4.99. The quantitative estimate of drug-likeness (QED) is 0.458. The summed E-state index contributed by atoms with van der Waals surface area (Å²) in [4.78, 5) is 38.7. The lowest BCUT2D eigenvalue weighted by Crippen LogP contribution is -2.27. The van der Waals surface area contributed by atoms with E-state index in [0.717, 1.165) is 16.7 Å². The second-order valence-corrected chi connectivity index (χ2v) is 8.56. The van der Waals surface area contributed by atoms with Crippen molar-refractivity contribution in [2.75, 3.05) is 0 Å². The molecule has 3 heterocycles. The number of fused-ring (bicyclic) bond motifs is 3. The fourth-order valence-corrected chi connectivity index (χ4v) is 4.12. The van der Waals surface area contributed by atoms with Crippen LogP contribution in [-0.4, -0.2) is 24.5 Å². The molecule has 0 spiro atoms. The number of aromatic nitrogens is 4. The first kappa shape index (κ1) is 19.3. The van der Waals surface area contributed by atoms with Gasteiger partial charge in [-0.15, -0.1) is 16.4 Å². The molecule has 0 bridgehead atoms. The highest BCUT2D eigenvalue weighted by atomic mass is 32.1. The van der Waals surface area contributed by atoms with E-state index in [1.165, 1.54) is 15.7 Å². The lowest BCUT2D eigenvalue weighted by atomic mass is 10.1. The maximum atomic E-state index is 13.1. The second-order valence-electron chi connectivity index (χ2n) is 7.64. The number of carbonyl (C=O) groups excluding carboxylic acids is 1. The Morgan fingerprint density at radius 2 is 1.86 bits per heavy atom. The van der Waals surface area contributed by atoms with Crippen LogP contribution in [0.3, 0.4) is 0 Å². The van der Waals surface area contributed by atoms with Gasteiger partial charge in [0.1, 0.15) is 11.2 Å². The molecule has 0 aliphatic rings. The fourth-order valence-electron chi connectivity index (χ4n) is 3.29. The molecule has 150 valence electrons. The van der Waals surface area contributed by atoms with Crippen molar-refractivity contribution in [3.63, 3.8) is 0 Å². The van der Waals surface area contributed by atoms with Gasteiger partial charge in [-0.25, -0.2) is 13.9 Å². The number of nitrogens with zero attached hydrogens (tertiary/aromatic N) is 4. The van der Waals surface area contributed by atoms with E-state index >= 15 is 0 Å². The average Bonchev–Trinajstić information content (AvgIpc) is 3.27. The summed E-state index contributed by atoms with van der Waals surface area (Å²) >= 11 is 1.31. The van der Waals surface area contributed by atoms with E-state index in [2.05, 4.69) is 18.9 Å². The Morgan fingerprint density at radius 1 is 1.14 bits per heavy atom. The number of benzene rings is 1. The molecule has 0 fully saturated rings. The van der Waals surface area contributed by atoms with Crippen LogP contribution in [0.25, 0.3) is 16.0 Å². The summed E-state index contributed by atoms with van der Waals surface area (Å²) in [6.45, 7) is 6.40. The highest BCUT2D eigenvalue weighted by Crippen LogP contribution is 2.18. The highest BCUT2D eigenvalue weighted by molar-refractivity contribution is 7.17. The van der Waals surface area contributed by atoms with E-state index in [1.807, 2.05) is 19.1 Å². The van der Waals surface area contributed by atoms with Crippen LogP contribution in [0.4, 0.5) is 0 Å². The fraction of sp³-hybridized carbons (Fsp3) is 0.333. The molecule has 0 saturated carbocycles. The monoisotopic (exact) mass is 410 g/mol. The molecular formula is C21H22N4O3S. The Balaban J connectivity index is 1.84. The molecule has 0 amide bonds. The number of hydrogen-bond acceptors (Lipinski definition) is 5. The van der Waals surface area contributed by atoms with E-state index in [-0.39, 0.29) is 23.7 Å². The smallest absolute Gasteiger partial charge is 0.292 e. The largest absolute Gasteiger partial charge is 0.352 e. The van der Waals surface area contributed by atoms with Gasteiger partial charge >= 0.3 is 5.69 Å². The number of carbonyl (C=O) groups is 1. The molecule has 0 saturated heterocycles. The number of ketones is 1. The molecule has 0 radical (unpaired) electrons. The summed E-state index contributed by atoms with van der Waals surface area (Å²) in [5, 5.41) is 6.17. The maximum absolute atomic E-state index is 13.1. The van der Waals surface area contributed by atoms with Gasteiger partial charge in [0.15, 0.2) is 5.78 Å². The maximum Gasteiger partial charge on any atom is 0.352 e. The zero-order valence-corrected chi connectivity index (χ0v) is 17.4. The summed E-state index contributed by atoms with van der Waals surface area (Å²) in [7, 11) is 0. The second kappa shape index (κ2) is 7.44. The van der Waals surface area contributed by atoms with Crippen LogP contribution in [0.1, 0.15) is 36.2 Å². The van der Waals surface area contributed by atoms with Crippen molar-refractivity contribution in [1.82, 2.24) is 18.7 Å². The van der Waals surface area contributed by atoms with Crippen LogP contribution in [0, 0.1) is 12.8 Å². The summed E-state index contributed by atoms with van der Waals surface area (Å²) in [5.41, 5.74) is 1.56. The summed E-state index contributed by atoms with van der Waals surface area (Å²) < 4.78 is 4.66. The first-order chi connectivity index (χ1) is 13.9. The van der Waals surface area contributed by atoms with Gasteiger partial charge in [-0.3, -0.25) is 14.2 Å². The molecule has 3 aromatic heterocycles. The molecule has 0 aliphatic heterocycles. The zero-order valence-electron chi connectivity index (χ0n) is 16.6. The van der Waals surface area contributed by atoms with Crippen molar-refractivity contribution in [3.05, 3.63) is 67.7 Å². The van der Waals surface area contributed by atoms with E-state index in [1.54, 1.807) is 28.1 Å². The molecule has 1 aromatic carbocycles. The standard InChI is InChI=1S/C21H22N4O3S/c1-13(2)8-10-23-19(27)18-16(9-11-29-18)25-20(23)22-24(21(25)28)12-17(26)15-6-4-14(3)5-7-15/h4-7,9,11,13H,8,10,12H2,1-3H3. The highest BCUT2D eigenvalue weighted by Gasteiger charge is 2.20. The Labute approximate surface area is 170 Å². The van der Waals surface area contributed by atoms with Crippen LogP contribution in [0.2, 0.25) is 0 Å². The number of rotatable bonds is 6. The van der Waals surface area contributed by atoms with Crippen LogP contribution >= 0.6 is 11.3 Å². The van der Waals surface area contributed by atoms with Gasteiger partial charge in [0, 0.05) is 12.1 Å². The van der Waals surface area contributed by atoms with Crippen molar-refractivity contribution in [2.45, 2.75) is 40.3 Å². The molecule has 0 aliphatic carbocycles. The Kier molecular flexibility index (Phi) is 4.96. The lowest BCUT2D eigenvalue weighted by molar-refractivity contribution is 0.0966. The first-order valence-corrected chi connectivity index (χ1v) is 10.4. The van der Waals surface area contributed by atoms with E-state index in [0.29, 0.717) is 28.2 Å². The van der Waals surface area contributed by atoms with Gasteiger partial charge in [-0.1, -0.05) is 43.7 Å². The van der Waals surface area contributed by atoms with Crippen molar-refractivity contribution >= 4 is 33.1 Å². The molecule has 29 heavy (non-hydrogen) atoms. The SMILES string of the molecule is Cc1ccc(C(=O)Cn2nc3n(CCC(C)C)c(=O)c4sccc4n3c2=O)cc1. The van der Waals surface area contributed by atoms with Gasteiger partial charge in [0.25, 0.3) is 5.56 Å². The van der Waals surface area contributed by atoms with E-state index in [9.17, 15) is 14.4 Å². The minimum Gasteiger partial charge on any atom is -0.292 e. The molecule has 0 N–H and O–H groups in total. The third kappa shape index (κ3) is 3.44. The molecule has 4 rings (SSSR count). The Morgan fingerprint density at radius 3 is 2.55 bits per heavy atom. The van der Waals surface area contributed by atoms with Crippen molar-refractivity contribution in [3.8, 4) is 0 Å². The zero-order chi connectivity index (χ0) is 20.7. The molecule has 8 heteroatoms. The van der Waals surface area contributed by atoms with Crippen molar-refractivity contribution in [1.29, 1.82) is 0 Å². The van der Waals surface area contributed by atoms with Crippen LogP contribution in [-0.2, 0) is 13.1 Å². The number of hydrogen-bond donors (Lipinski definition) is 0. The average molecular weight is 410 g/mol. The van der Waals surface area contributed by atoms with Gasteiger partial charge in [-0.05, 0) is 30.7 Å². The Bertz CT molecular complexity index is 1320.